The number of ether oxygens (including phenoxy) is 1. The largest absolute Gasteiger partial charge is 0.494 e. The van der Waals surface area contributed by atoms with E-state index in [9.17, 15) is 4.79 Å². The molecule has 1 atom stereocenters. The molecule has 0 aliphatic heterocycles. The Labute approximate surface area is 108 Å². The molecule has 1 radical (unpaired) electrons. The zero-order valence-corrected chi connectivity index (χ0v) is 11.1. The monoisotopic (exact) mass is 250 g/mol. The Hall–Kier alpha value is -1.39. The summed E-state index contributed by atoms with van der Waals surface area (Å²) in [5.74, 6) is 0.707. The Balaban J connectivity index is 2.53. The maximum Gasteiger partial charge on any atom is 0.137 e. The van der Waals surface area contributed by atoms with Crippen molar-refractivity contribution in [2.45, 2.75) is 26.0 Å². The van der Waals surface area contributed by atoms with E-state index in [0.29, 0.717) is 24.3 Å². The quantitative estimate of drug-likeness (QED) is 0.738. The molecule has 4 nitrogen and oxygen atoms in total. The van der Waals surface area contributed by atoms with Gasteiger partial charge in [0.15, 0.2) is 0 Å². The number of aryl methyl sites for hydroxylation is 1. The Bertz CT molecular complexity index is 391. The van der Waals surface area contributed by atoms with E-state index >= 15 is 0 Å². The second kappa shape index (κ2) is 7.13. The normalized spacial score (nSPS) is 12.5. The van der Waals surface area contributed by atoms with Crippen molar-refractivity contribution in [3.8, 4) is 5.75 Å². The Morgan fingerprint density at radius 1 is 1.50 bits per heavy atom. The fourth-order valence-corrected chi connectivity index (χ4v) is 1.67. The molecule has 0 saturated heterocycles. The molecule has 0 fully saturated rings. The van der Waals surface area contributed by atoms with Gasteiger partial charge in [-0.2, -0.15) is 0 Å². The molecule has 4 heteroatoms. The lowest BCUT2D eigenvalue weighted by Crippen LogP contribution is -2.30. The van der Waals surface area contributed by atoms with Gasteiger partial charge in [0, 0.05) is 6.42 Å². The van der Waals surface area contributed by atoms with Crippen LogP contribution in [0.2, 0.25) is 0 Å². The van der Waals surface area contributed by atoms with E-state index in [1.165, 1.54) is 0 Å². The zero-order chi connectivity index (χ0) is 13.5. The number of hydrogen-bond acceptors (Lipinski definition) is 4. The highest BCUT2D eigenvalue weighted by Crippen LogP contribution is 2.16. The second-order valence-electron chi connectivity index (χ2n) is 4.49. The predicted molar refractivity (Wildman–Crippen MR) is 69.6 cm³/mol. The van der Waals surface area contributed by atoms with Crippen molar-refractivity contribution in [2.75, 3.05) is 20.7 Å². The number of aldehydes is 1. The van der Waals surface area contributed by atoms with Crippen molar-refractivity contribution in [3.63, 3.8) is 0 Å². The molecule has 1 rings (SSSR count). The van der Waals surface area contributed by atoms with Crippen molar-refractivity contribution in [1.29, 1.82) is 0 Å². The van der Waals surface area contributed by atoms with Crippen LogP contribution in [0, 0.1) is 13.0 Å². The fraction of sp³-hybridized carbons (Fsp3) is 0.500. The second-order valence-corrected chi connectivity index (χ2v) is 4.49. The SMILES string of the molecule is Cc1[c]c(CO)cc(OCCC(C=O)N(C)C)c1. The number of likely N-dealkylation sites (N-methyl/N-ethyl adjacent to an activating group) is 1. The molecular formula is C14H20NO3. The van der Waals surface area contributed by atoms with Crippen LogP contribution >= 0.6 is 0 Å². The van der Waals surface area contributed by atoms with Crippen LogP contribution in [-0.2, 0) is 11.4 Å². The van der Waals surface area contributed by atoms with Crippen molar-refractivity contribution >= 4 is 6.29 Å². The third kappa shape index (κ3) is 4.47. The van der Waals surface area contributed by atoms with E-state index in [1.807, 2.05) is 32.0 Å². The maximum absolute atomic E-state index is 10.8. The molecule has 1 N–H and O–H groups in total. The van der Waals surface area contributed by atoms with Crippen molar-refractivity contribution in [1.82, 2.24) is 4.90 Å². The number of carbonyl (C=O) groups excluding carboxylic acids is 1. The van der Waals surface area contributed by atoms with Crippen LogP contribution in [0.4, 0.5) is 0 Å². The van der Waals surface area contributed by atoms with Crippen LogP contribution in [0.3, 0.4) is 0 Å². The van der Waals surface area contributed by atoms with E-state index < -0.39 is 0 Å². The van der Waals surface area contributed by atoms with Gasteiger partial charge in [-0.25, -0.2) is 0 Å². The van der Waals surface area contributed by atoms with Crippen LogP contribution < -0.4 is 4.74 Å². The number of aliphatic hydroxyl groups excluding tert-OH is 1. The molecular weight excluding hydrogens is 230 g/mol. The average Bonchev–Trinajstić information content (AvgIpc) is 2.33. The first-order valence-corrected chi connectivity index (χ1v) is 5.95. The molecule has 0 aromatic heterocycles. The van der Waals surface area contributed by atoms with Gasteiger partial charge in [-0.15, -0.1) is 0 Å². The highest BCUT2D eigenvalue weighted by Gasteiger charge is 2.09. The number of nitrogens with zero attached hydrogens (tertiary/aromatic N) is 1. The van der Waals surface area contributed by atoms with Gasteiger partial charge in [0.05, 0.1) is 19.3 Å². The van der Waals surface area contributed by atoms with E-state index in [0.717, 1.165) is 11.8 Å². The minimum absolute atomic E-state index is 0.0489. The average molecular weight is 250 g/mol. The summed E-state index contributed by atoms with van der Waals surface area (Å²) in [4.78, 5) is 12.7. The molecule has 0 bridgehead atoms. The first-order valence-electron chi connectivity index (χ1n) is 5.95. The third-order valence-corrected chi connectivity index (χ3v) is 2.71. The van der Waals surface area contributed by atoms with E-state index in [2.05, 4.69) is 6.07 Å². The summed E-state index contributed by atoms with van der Waals surface area (Å²) in [6.45, 7) is 2.32. The van der Waals surface area contributed by atoms with Gasteiger partial charge in [-0.3, -0.25) is 4.90 Å². The van der Waals surface area contributed by atoms with Gasteiger partial charge in [0.1, 0.15) is 12.0 Å². The van der Waals surface area contributed by atoms with Crippen LogP contribution in [0.5, 0.6) is 5.75 Å². The van der Waals surface area contributed by atoms with Gasteiger partial charge in [-0.05, 0) is 50.3 Å². The minimum atomic E-state index is -0.126. The first kappa shape index (κ1) is 14.7. The molecule has 1 aromatic rings. The fourth-order valence-electron chi connectivity index (χ4n) is 1.67. The summed E-state index contributed by atoms with van der Waals surface area (Å²) in [7, 11) is 3.73. The molecule has 99 valence electrons. The molecule has 0 spiro atoms. The van der Waals surface area contributed by atoms with E-state index in [1.54, 1.807) is 6.07 Å². The van der Waals surface area contributed by atoms with Gasteiger partial charge in [0.2, 0.25) is 0 Å². The van der Waals surface area contributed by atoms with Crippen LogP contribution in [0.25, 0.3) is 0 Å². The van der Waals surface area contributed by atoms with Crippen LogP contribution in [0.15, 0.2) is 12.1 Å². The van der Waals surface area contributed by atoms with Gasteiger partial charge >= 0.3 is 0 Å². The highest BCUT2D eigenvalue weighted by molar-refractivity contribution is 5.57. The van der Waals surface area contributed by atoms with Gasteiger partial charge < -0.3 is 14.6 Å². The van der Waals surface area contributed by atoms with Crippen LogP contribution in [-0.4, -0.2) is 43.0 Å². The Kier molecular flexibility index (Phi) is 5.82. The standard InChI is InChI=1S/C14H20NO3/c1-11-6-12(9-16)8-14(7-11)18-5-4-13(10-17)15(2)3/h7-8,10,13,16H,4-5,9H2,1-3H3. The first-order chi connectivity index (χ1) is 8.56. The zero-order valence-electron chi connectivity index (χ0n) is 11.1. The van der Waals surface area contributed by atoms with Gasteiger partial charge in [0.25, 0.3) is 0 Å². The number of benzene rings is 1. The lowest BCUT2D eigenvalue weighted by atomic mass is 10.1. The Morgan fingerprint density at radius 3 is 2.78 bits per heavy atom. The third-order valence-electron chi connectivity index (χ3n) is 2.71. The summed E-state index contributed by atoms with van der Waals surface area (Å²) < 4.78 is 5.60. The van der Waals surface area contributed by atoms with Crippen molar-refractivity contribution < 1.29 is 14.6 Å². The molecule has 0 aliphatic carbocycles. The highest BCUT2D eigenvalue weighted by atomic mass is 16.5. The summed E-state index contributed by atoms with van der Waals surface area (Å²) in [6, 6.07) is 6.53. The summed E-state index contributed by atoms with van der Waals surface area (Å²) in [5, 5.41) is 9.07. The summed E-state index contributed by atoms with van der Waals surface area (Å²) in [5.41, 5.74) is 1.64. The number of carbonyl (C=O) groups is 1. The minimum Gasteiger partial charge on any atom is -0.494 e. The summed E-state index contributed by atoms with van der Waals surface area (Å²) >= 11 is 0. The molecule has 0 heterocycles. The molecule has 18 heavy (non-hydrogen) atoms. The molecule has 0 amide bonds. The number of rotatable bonds is 7. The topological polar surface area (TPSA) is 49.8 Å². The predicted octanol–water partition coefficient (Wildman–Crippen LogP) is 1.19. The van der Waals surface area contributed by atoms with Crippen LogP contribution in [0.1, 0.15) is 17.5 Å². The lowest BCUT2D eigenvalue weighted by Gasteiger charge is -2.18. The molecule has 1 unspecified atom stereocenters. The summed E-state index contributed by atoms with van der Waals surface area (Å²) in [6.07, 6.45) is 1.56. The molecule has 0 aliphatic rings. The van der Waals surface area contributed by atoms with Crippen molar-refractivity contribution in [2.24, 2.45) is 0 Å². The molecule has 1 aromatic carbocycles. The van der Waals surface area contributed by atoms with E-state index in [4.69, 9.17) is 9.84 Å². The smallest absolute Gasteiger partial charge is 0.137 e. The molecule has 0 saturated carbocycles. The van der Waals surface area contributed by atoms with E-state index in [-0.39, 0.29) is 12.6 Å². The number of hydrogen-bond donors (Lipinski definition) is 1. The Morgan fingerprint density at radius 2 is 2.22 bits per heavy atom. The maximum atomic E-state index is 10.8. The van der Waals surface area contributed by atoms with Gasteiger partial charge in [-0.1, -0.05) is 0 Å². The lowest BCUT2D eigenvalue weighted by molar-refractivity contribution is -0.112. The number of aliphatic hydroxyl groups is 1. The van der Waals surface area contributed by atoms with Crippen molar-refractivity contribution in [3.05, 3.63) is 29.3 Å².